The summed E-state index contributed by atoms with van der Waals surface area (Å²) in [5, 5.41) is 0.802. The lowest BCUT2D eigenvalue weighted by molar-refractivity contribution is 0.143. The lowest BCUT2D eigenvalue weighted by Gasteiger charge is -2.35. The zero-order valence-corrected chi connectivity index (χ0v) is 11.6. The van der Waals surface area contributed by atoms with E-state index < -0.39 is 0 Å². The molecule has 0 aromatic heterocycles. The summed E-state index contributed by atoms with van der Waals surface area (Å²) in [5.41, 5.74) is 8.05. The second-order valence-electron chi connectivity index (χ2n) is 4.86. The molecule has 1 aromatic rings. The molecule has 1 fully saturated rings. The van der Waals surface area contributed by atoms with E-state index in [0.29, 0.717) is 12.5 Å². The van der Waals surface area contributed by atoms with Crippen LogP contribution in [0.1, 0.15) is 18.4 Å². The summed E-state index contributed by atoms with van der Waals surface area (Å²) in [5.74, 6) is 0.589. The lowest BCUT2D eigenvalue weighted by atomic mass is 9.97. The average molecular weight is 269 g/mol. The summed E-state index contributed by atoms with van der Waals surface area (Å²) in [6, 6.07) is 5.96. The third kappa shape index (κ3) is 2.97. The van der Waals surface area contributed by atoms with Crippen LogP contribution < -0.4 is 10.6 Å². The van der Waals surface area contributed by atoms with Crippen LogP contribution in [0.15, 0.2) is 18.2 Å². The molecule has 1 atom stereocenters. The maximum Gasteiger partial charge on any atom is 0.0642 e. The molecule has 0 aliphatic carbocycles. The van der Waals surface area contributed by atoms with Gasteiger partial charge in [0.05, 0.1) is 17.3 Å². The largest absolute Gasteiger partial charge is 0.384 e. The van der Waals surface area contributed by atoms with Crippen molar-refractivity contribution in [3.8, 4) is 0 Å². The number of nitrogens with two attached hydrogens (primary N) is 1. The summed E-state index contributed by atoms with van der Waals surface area (Å²) < 4.78 is 5.27. The van der Waals surface area contributed by atoms with E-state index in [1.165, 1.54) is 12.8 Å². The maximum atomic E-state index is 6.34. The SMILES string of the molecule is COCC1CCCN(c2c(Cl)cccc2CN)C1. The van der Waals surface area contributed by atoms with Gasteiger partial charge in [-0.25, -0.2) is 0 Å². The van der Waals surface area contributed by atoms with E-state index in [0.717, 1.165) is 36.0 Å². The van der Waals surface area contributed by atoms with Crippen LogP contribution in [0.2, 0.25) is 5.02 Å². The molecule has 1 saturated heterocycles. The fraction of sp³-hybridized carbons (Fsp3) is 0.571. The number of halogens is 1. The summed E-state index contributed by atoms with van der Waals surface area (Å²) in [7, 11) is 1.76. The topological polar surface area (TPSA) is 38.5 Å². The quantitative estimate of drug-likeness (QED) is 0.912. The molecule has 1 aromatic carbocycles. The highest BCUT2D eigenvalue weighted by molar-refractivity contribution is 6.33. The van der Waals surface area contributed by atoms with Gasteiger partial charge in [-0.2, -0.15) is 0 Å². The van der Waals surface area contributed by atoms with Gasteiger partial charge in [0.25, 0.3) is 0 Å². The molecule has 3 nitrogen and oxygen atoms in total. The van der Waals surface area contributed by atoms with E-state index >= 15 is 0 Å². The van der Waals surface area contributed by atoms with Crippen molar-refractivity contribution in [2.24, 2.45) is 11.7 Å². The molecule has 0 bridgehead atoms. The molecule has 0 radical (unpaired) electrons. The number of ether oxygens (including phenoxy) is 1. The highest BCUT2D eigenvalue weighted by Crippen LogP contribution is 2.33. The smallest absolute Gasteiger partial charge is 0.0642 e. The second kappa shape index (κ2) is 6.41. The number of para-hydroxylation sites is 1. The van der Waals surface area contributed by atoms with Gasteiger partial charge in [-0.3, -0.25) is 0 Å². The molecule has 1 aliphatic rings. The van der Waals surface area contributed by atoms with E-state index in [1.54, 1.807) is 7.11 Å². The summed E-state index contributed by atoms with van der Waals surface area (Å²) in [4.78, 5) is 2.36. The Morgan fingerprint density at radius 1 is 1.50 bits per heavy atom. The summed E-state index contributed by atoms with van der Waals surface area (Å²) in [6.45, 7) is 3.40. The van der Waals surface area contributed by atoms with Crippen molar-refractivity contribution in [3.05, 3.63) is 28.8 Å². The Balaban J connectivity index is 2.20. The third-order valence-electron chi connectivity index (χ3n) is 3.53. The van der Waals surface area contributed by atoms with E-state index in [2.05, 4.69) is 11.0 Å². The Morgan fingerprint density at radius 2 is 2.33 bits per heavy atom. The molecule has 4 heteroatoms. The number of nitrogens with zero attached hydrogens (tertiary/aromatic N) is 1. The molecule has 1 heterocycles. The van der Waals surface area contributed by atoms with Crippen molar-refractivity contribution in [3.63, 3.8) is 0 Å². The van der Waals surface area contributed by atoms with Gasteiger partial charge in [0.1, 0.15) is 0 Å². The number of piperidine rings is 1. The van der Waals surface area contributed by atoms with Crippen LogP contribution >= 0.6 is 11.6 Å². The highest BCUT2D eigenvalue weighted by atomic mass is 35.5. The van der Waals surface area contributed by atoms with Crippen molar-refractivity contribution in [2.45, 2.75) is 19.4 Å². The fourth-order valence-corrected chi connectivity index (χ4v) is 3.03. The number of hydrogen-bond donors (Lipinski definition) is 1. The third-order valence-corrected chi connectivity index (χ3v) is 3.83. The van der Waals surface area contributed by atoms with Gasteiger partial charge >= 0.3 is 0 Å². The minimum Gasteiger partial charge on any atom is -0.384 e. The van der Waals surface area contributed by atoms with Crippen LogP contribution in [-0.2, 0) is 11.3 Å². The van der Waals surface area contributed by atoms with Gasteiger partial charge in [-0.1, -0.05) is 23.7 Å². The predicted octanol–water partition coefficient (Wildman–Crippen LogP) is 2.66. The van der Waals surface area contributed by atoms with Gasteiger partial charge in [0, 0.05) is 26.7 Å². The molecule has 2 N–H and O–H groups in total. The molecule has 100 valence electrons. The van der Waals surface area contributed by atoms with Gasteiger partial charge in [-0.15, -0.1) is 0 Å². The zero-order chi connectivity index (χ0) is 13.0. The standard InChI is InChI=1S/C14H21ClN2O/c1-18-10-11-4-3-7-17(9-11)14-12(8-16)5-2-6-13(14)15/h2,5-6,11H,3-4,7-10,16H2,1H3. The molecule has 1 unspecified atom stereocenters. The minimum atomic E-state index is 0.529. The number of anilines is 1. The molecule has 0 amide bonds. The van der Waals surface area contributed by atoms with Gasteiger partial charge < -0.3 is 15.4 Å². The van der Waals surface area contributed by atoms with Crippen LogP contribution in [0, 0.1) is 5.92 Å². The number of rotatable bonds is 4. The van der Waals surface area contributed by atoms with Gasteiger partial charge in [0.15, 0.2) is 0 Å². The van der Waals surface area contributed by atoms with Crippen molar-refractivity contribution < 1.29 is 4.74 Å². The van der Waals surface area contributed by atoms with E-state index in [4.69, 9.17) is 22.1 Å². The fourth-order valence-electron chi connectivity index (χ4n) is 2.72. The number of benzene rings is 1. The molecule has 0 spiro atoms. The van der Waals surface area contributed by atoms with Crippen molar-refractivity contribution >= 4 is 17.3 Å². The second-order valence-corrected chi connectivity index (χ2v) is 5.27. The van der Waals surface area contributed by atoms with E-state index in [9.17, 15) is 0 Å². The Kier molecular flexibility index (Phi) is 4.87. The van der Waals surface area contributed by atoms with Gasteiger partial charge in [-0.05, 0) is 30.4 Å². The minimum absolute atomic E-state index is 0.529. The first-order valence-corrected chi connectivity index (χ1v) is 6.85. The van der Waals surface area contributed by atoms with Crippen molar-refractivity contribution in [2.75, 3.05) is 31.7 Å². The summed E-state index contributed by atoms with van der Waals surface area (Å²) in [6.07, 6.45) is 2.41. The molecule has 18 heavy (non-hydrogen) atoms. The normalized spacial score (nSPS) is 20.2. The molecular weight excluding hydrogens is 248 g/mol. The van der Waals surface area contributed by atoms with E-state index in [-0.39, 0.29) is 0 Å². The van der Waals surface area contributed by atoms with Crippen molar-refractivity contribution in [1.82, 2.24) is 0 Å². The molecule has 0 saturated carbocycles. The first kappa shape index (κ1) is 13.7. The first-order chi connectivity index (χ1) is 8.76. The number of methoxy groups -OCH3 is 1. The Hall–Kier alpha value is -0.770. The molecular formula is C14H21ClN2O. The zero-order valence-electron chi connectivity index (χ0n) is 10.9. The van der Waals surface area contributed by atoms with Crippen LogP contribution in [0.4, 0.5) is 5.69 Å². The Bertz CT molecular complexity index is 395. The maximum absolute atomic E-state index is 6.34. The Morgan fingerprint density at radius 3 is 3.06 bits per heavy atom. The predicted molar refractivity (Wildman–Crippen MR) is 76.2 cm³/mol. The number of hydrogen-bond acceptors (Lipinski definition) is 3. The molecule has 2 rings (SSSR count). The van der Waals surface area contributed by atoms with Crippen molar-refractivity contribution in [1.29, 1.82) is 0 Å². The van der Waals surface area contributed by atoms with Crippen LogP contribution in [0.25, 0.3) is 0 Å². The highest BCUT2D eigenvalue weighted by Gasteiger charge is 2.22. The van der Waals surface area contributed by atoms with Crippen LogP contribution in [0.3, 0.4) is 0 Å². The average Bonchev–Trinajstić information content (AvgIpc) is 2.39. The monoisotopic (exact) mass is 268 g/mol. The van der Waals surface area contributed by atoms with Crippen LogP contribution in [-0.4, -0.2) is 26.8 Å². The van der Waals surface area contributed by atoms with Crippen LogP contribution in [0.5, 0.6) is 0 Å². The Labute approximate surface area is 114 Å². The van der Waals surface area contributed by atoms with Gasteiger partial charge in [0.2, 0.25) is 0 Å². The molecule has 1 aliphatic heterocycles. The lowest BCUT2D eigenvalue weighted by Crippen LogP contribution is -2.38. The summed E-state index contributed by atoms with van der Waals surface area (Å²) >= 11 is 6.34. The first-order valence-electron chi connectivity index (χ1n) is 6.47. The van der Waals surface area contributed by atoms with E-state index in [1.807, 2.05) is 12.1 Å².